The van der Waals surface area contributed by atoms with Crippen molar-refractivity contribution in [3.05, 3.63) is 157 Å². The Bertz CT molecular complexity index is 1680. The van der Waals surface area contributed by atoms with Gasteiger partial charge >= 0.3 is 0 Å². The van der Waals surface area contributed by atoms with Crippen molar-refractivity contribution in [2.75, 3.05) is 0 Å². The molecule has 43 heavy (non-hydrogen) atoms. The Morgan fingerprint density at radius 2 is 1.21 bits per heavy atom. The van der Waals surface area contributed by atoms with Crippen LogP contribution in [0.1, 0.15) is 51.7 Å². The maximum atomic E-state index is 6.07. The number of fused-ring (bicyclic) bond motifs is 3. The SMILES string of the molecule is C=C.CC=C(C)C.CCCCc1ccc(-c2ccccc2)cc1.Cc1ccc(-c2cccc3c2oc2ccccc23)cc1. The number of para-hydroxylation sites is 2. The summed E-state index contributed by atoms with van der Waals surface area (Å²) in [6.45, 7) is 16.5. The van der Waals surface area contributed by atoms with Crippen LogP contribution in [0.15, 0.2) is 151 Å². The van der Waals surface area contributed by atoms with Crippen LogP contribution in [0, 0.1) is 6.92 Å². The average Bonchev–Trinajstić information content (AvgIpc) is 3.45. The molecule has 6 aromatic rings. The average molecular weight is 567 g/mol. The molecule has 6 rings (SSSR count). The number of unbranched alkanes of at least 4 members (excludes halogenated alkanes) is 1. The number of allylic oxidation sites excluding steroid dienone is 2. The van der Waals surface area contributed by atoms with Gasteiger partial charge in [0.05, 0.1) is 0 Å². The fourth-order valence-electron chi connectivity index (χ4n) is 4.58. The molecular formula is C42H46O. The Labute approximate surface area is 259 Å². The van der Waals surface area contributed by atoms with Crippen molar-refractivity contribution < 1.29 is 4.42 Å². The minimum absolute atomic E-state index is 0.946. The van der Waals surface area contributed by atoms with Crippen molar-refractivity contribution in [3.8, 4) is 22.3 Å². The molecule has 0 bridgehead atoms. The zero-order valence-corrected chi connectivity index (χ0v) is 26.6. The van der Waals surface area contributed by atoms with Gasteiger partial charge in [0.1, 0.15) is 11.2 Å². The molecule has 0 N–H and O–H groups in total. The Kier molecular flexibility index (Phi) is 13.3. The van der Waals surface area contributed by atoms with E-state index in [1.54, 1.807) is 0 Å². The van der Waals surface area contributed by atoms with E-state index in [4.69, 9.17) is 4.42 Å². The van der Waals surface area contributed by atoms with Crippen LogP contribution < -0.4 is 0 Å². The molecule has 1 aromatic heterocycles. The Morgan fingerprint density at radius 1 is 0.651 bits per heavy atom. The lowest BCUT2D eigenvalue weighted by Crippen LogP contribution is -1.84. The first-order valence-corrected chi connectivity index (χ1v) is 15.2. The highest BCUT2D eigenvalue weighted by Gasteiger charge is 2.11. The van der Waals surface area contributed by atoms with E-state index >= 15 is 0 Å². The van der Waals surface area contributed by atoms with Crippen molar-refractivity contribution in [2.24, 2.45) is 0 Å². The third-order valence-electron chi connectivity index (χ3n) is 7.22. The van der Waals surface area contributed by atoms with Crippen molar-refractivity contribution in [1.29, 1.82) is 0 Å². The molecule has 1 heteroatoms. The van der Waals surface area contributed by atoms with Gasteiger partial charge in [0.25, 0.3) is 0 Å². The summed E-state index contributed by atoms with van der Waals surface area (Å²) >= 11 is 0. The Hall–Kier alpha value is -4.62. The van der Waals surface area contributed by atoms with E-state index in [2.05, 4.69) is 156 Å². The number of hydrogen-bond donors (Lipinski definition) is 0. The number of aryl methyl sites for hydroxylation is 2. The van der Waals surface area contributed by atoms with Crippen molar-refractivity contribution in [3.63, 3.8) is 0 Å². The summed E-state index contributed by atoms with van der Waals surface area (Å²) in [6.07, 6.45) is 5.83. The van der Waals surface area contributed by atoms with Crippen LogP contribution in [0.4, 0.5) is 0 Å². The van der Waals surface area contributed by atoms with Gasteiger partial charge in [-0.1, -0.05) is 146 Å². The zero-order valence-electron chi connectivity index (χ0n) is 26.6. The molecule has 0 aliphatic carbocycles. The number of benzene rings is 5. The van der Waals surface area contributed by atoms with E-state index in [0.29, 0.717) is 0 Å². The van der Waals surface area contributed by atoms with Gasteiger partial charge in [0.2, 0.25) is 0 Å². The van der Waals surface area contributed by atoms with Gasteiger partial charge in [-0.25, -0.2) is 0 Å². The molecule has 0 saturated carbocycles. The quantitative estimate of drug-likeness (QED) is 0.189. The molecule has 1 heterocycles. The molecule has 1 nitrogen and oxygen atoms in total. The molecule has 0 aliphatic rings. The van der Waals surface area contributed by atoms with E-state index in [1.165, 1.54) is 63.4 Å². The normalized spacial score (nSPS) is 9.98. The molecule has 5 aromatic carbocycles. The third kappa shape index (κ3) is 9.45. The minimum atomic E-state index is 0.946. The van der Waals surface area contributed by atoms with Crippen LogP contribution in [0.2, 0.25) is 0 Å². The maximum Gasteiger partial charge on any atom is 0.143 e. The molecule has 0 amide bonds. The molecule has 0 aliphatic heterocycles. The summed E-state index contributed by atoms with van der Waals surface area (Å²) in [4.78, 5) is 0. The molecule has 0 unspecified atom stereocenters. The predicted molar refractivity (Wildman–Crippen MR) is 191 cm³/mol. The zero-order chi connectivity index (χ0) is 31.0. The summed E-state index contributed by atoms with van der Waals surface area (Å²) in [5, 5.41) is 2.36. The summed E-state index contributed by atoms with van der Waals surface area (Å²) in [6, 6.07) is 42.6. The standard InChI is InChI=1S/C19H14O.C16H18.C5H10.C2H4/c1-13-9-11-14(12-10-13)15-6-4-7-17-16-5-2-3-8-18(16)20-19(15)17;1-2-3-7-14-10-12-16(13-11-14)15-8-5-4-6-9-15;1-4-5(2)3;1-2/h2-12H,1H3;4-6,8-13H,2-3,7H2,1H3;4H,1-3H3;1-2H2. The second-order valence-corrected chi connectivity index (χ2v) is 10.7. The van der Waals surface area contributed by atoms with E-state index in [9.17, 15) is 0 Å². The number of rotatable bonds is 5. The lowest BCUT2D eigenvalue weighted by molar-refractivity contribution is 0.670. The largest absolute Gasteiger partial charge is 0.455 e. The van der Waals surface area contributed by atoms with Gasteiger partial charge < -0.3 is 4.42 Å². The highest BCUT2D eigenvalue weighted by Crippen LogP contribution is 2.35. The third-order valence-corrected chi connectivity index (χ3v) is 7.22. The summed E-state index contributed by atoms with van der Waals surface area (Å²) in [7, 11) is 0. The number of furan rings is 1. The van der Waals surface area contributed by atoms with Gasteiger partial charge in [-0.2, -0.15) is 0 Å². The first-order chi connectivity index (χ1) is 21.0. The van der Waals surface area contributed by atoms with Crippen LogP contribution in [-0.2, 0) is 6.42 Å². The molecule has 220 valence electrons. The maximum absolute atomic E-state index is 6.07. The molecule has 0 fully saturated rings. The predicted octanol–water partition coefficient (Wildman–Crippen LogP) is 13.0. The lowest BCUT2D eigenvalue weighted by Gasteiger charge is -2.03. The Morgan fingerprint density at radius 3 is 1.84 bits per heavy atom. The van der Waals surface area contributed by atoms with E-state index < -0.39 is 0 Å². The minimum Gasteiger partial charge on any atom is -0.455 e. The van der Waals surface area contributed by atoms with Gasteiger partial charge in [-0.3, -0.25) is 0 Å². The van der Waals surface area contributed by atoms with Crippen LogP contribution in [-0.4, -0.2) is 0 Å². The molecule has 0 radical (unpaired) electrons. The Balaban J connectivity index is 0.000000198. The van der Waals surface area contributed by atoms with Crippen LogP contribution in [0.3, 0.4) is 0 Å². The van der Waals surface area contributed by atoms with E-state index in [-0.39, 0.29) is 0 Å². The van der Waals surface area contributed by atoms with Crippen LogP contribution in [0.5, 0.6) is 0 Å². The second-order valence-electron chi connectivity index (χ2n) is 10.7. The van der Waals surface area contributed by atoms with Gasteiger partial charge in [0, 0.05) is 16.3 Å². The second kappa shape index (κ2) is 17.4. The lowest BCUT2D eigenvalue weighted by atomic mass is 10.0. The summed E-state index contributed by atoms with van der Waals surface area (Å²) in [5.74, 6) is 0. The summed E-state index contributed by atoms with van der Waals surface area (Å²) < 4.78 is 6.07. The van der Waals surface area contributed by atoms with Crippen molar-refractivity contribution in [2.45, 2.75) is 53.9 Å². The fourth-order valence-corrected chi connectivity index (χ4v) is 4.58. The molecule has 0 spiro atoms. The van der Waals surface area contributed by atoms with E-state index in [0.717, 1.165) is 16.7 Å². The van der Waals surface area contributed by atoms with Crippen LogP contribution >= 0.6 is 0 Å². The van der Waals surface area contributed by atoms with Gasteiger partial charge in [0.15, 0.2) is 0 Å². The highest BCUT2D eigenvalue weighted by molar-refractivity contribution is 6.09. The first kappa shape index (κ1) is 32.9. The molecule has 0 saturated heterocycles. The number of hydrogen-bond acceptors (Lipinski definition) is 1. The van der Waals surface area contributed by atoms with Crippen LogP contribution in [0.25, 0.3) is 44.2 Å². The first-order valence-electron chi connectivity index (χ1n) is 15.2. The fraction of sp³-hybridized carbons (Fsp3) is 0.190. The van der Waals surface area contributed by atoms with Crippen molar-refractivity contribution >= 4 is 21.9 Å². The van der Waals surface area contributed by atoms with Gasteiger partial charge in [-0.15, -0.1) is 13.2 Å². The smallest absolute Gasteiger partial charge is 0.143 e. The molecular weight excluding hydrogens is 520 g/mol. The highest BCUT2D eigenvalue weighted by atomic mass is 16.3. The summed E-state index contributed by atoms with van der Waals surface area (Å²) in [5.41, 5.74) is 11.0. The topological polar surface area (TPSA) is 13.1 Å². The molecule has 0 atom stereocenters. The van der Waals surface area contributed by atoms with Gasteiger partial charge in [-0.05, 0) is 68.9 Å². The van der Waals surface area contributed by atoms with Crippen molar-refractivity contribution in [1.82, 2.24) is 0 Å². The van der Waals surface area contributed by atoms with E-state index in [1.807, 2.05) is 19.1 Å². The monoisotopic (exact) mass is 566 g/mol.